The quantitative estimate of drug-likeness (QED) is 0.769. The molecule has 0 radical (unpaired) electrons. The number of carbonyl (C=O) groups excluding carboxylic acids is 2. The standard InChI is InChI=1S/C14H17NO3/c1-3-4-8-12-14(17)15(2)13(16)10-7-5-6-9-11(10)18-12/h5-7,9,12H,3-4,8H2,1-2H3. The molecule has 1 unspecified atom stereocenters. The summed E-state index contributed by atoms with van der Waals surface area (Å²) in [5.74, 6) is -0.0550. The lowest BCUT2D eigenvalue weighted by atomic mass is 10.1. The third-order valence-electron chi connectivity index (χ3n) is 3.12. The first-order valence-electron chi connectivity index (χ1n) is 6.22. The molecule has 1 atom stereocenters. The molecule has 0 aliphatic carbocycles. The molecule has 2 rings (SSSR count). The van der Waals surface area contributed by atoms with Crippen molar-refractivity contribution < 1.29 is 14.3 Å². The number of para-hydroxylation sites is 1. The van der Waals surface area contributed by atoms with Gasteiger partial charge >= 0.3 is 0 Å². The average molecular weight is 247 g/mol. The van der Waals surface area contributed by atoms with E-state index in [4.69, 9.17) is 4.74 Å². The number of likely N-dealkylation sites (N-methyl/N-ethyl adjacent to an activating group) is 1. The van der Waals surface area contributed by atoms with E-state index in [0.717, 1.165) is 17.7 Å². The number of benzene rings is 1. The van der Waals surface area contributed by atoms with Crippen LogP contribution in [0.3, 0.4) is 0 Å². The van der Waals surface area contributed by atoms with Gasteiger partial charge in [0.1, 0.15) is 5.75 Å². The highest BCUT2D eigenvalue weighted by Gasteiger charge is 2.33. The van der Waals surface area contributed by atoms with E-state index in [9.17, 15) is 9.59 Å². The molecule has 1 heterocycles. The van der Waals surface area contributed by atoms with Crippen LogP contribution >= 0.6 is 0 Å². The number of unbranched alkanes of at least 4 members (excludes halogenated alkanes) is 1. The van der Waals surface area contributed by atoms with Gasteiger partial charge in [-0.05, 0) is 25.0 Å². The first-order valence-corrected chi connectivity index (χ1v) is 6.22. The van der Waals surface area contributed by atoms with Gasteiger partial charge in [0.2, 0.25) is 0 Å². The van der Waals surface area contributed by atoms with Crippen LogP contribution in [0.4, 0.5) is 0 Å². The molecule has 0 saturated heterocycles. The molecular weight excluding hydrogens is 230 g/mol. The van der Waals surface area contributed by atoms with Gasteiger partial charge in [0.05, 0.1) is 5.56 Å². The van der Waals surface area contributed by atoms with E-state index in [1.165, 1.54) is 7.05 Å². The second-order valence-electron chi connectivity index (χ2n) is 4.45. The van der Waals surface area contributed by atoms with Crippen molar-refractivity contribution in [3.63, 3.8) is 0 Å². The molecular formula is C14H17NO3. The zero-order valence-corrected chi connectivity index (χ0v) is 10.7. The molecule has 0 N–H and O–H groups in total. The van der Waals surface area contributed by atoms with Gasteiger partial charge in [0.25, 0.3) is 11.8 Å². The Kier molecular flexibility index (Phi) is 3.65. The molecule has 1 aliphatic rings. The van der Waals surface area contributed by atoms with E-state index >= 15 is 0 Å². The highest BCUT2D eigenvalue weighted by molar-refractivity contribution is 6.08. The highest BCUT2D eigenvalue weighted by Crippen LogP contribution is 2.26. The van der Waals surface area contributed by atoms with Crippen LogP contribution in [-0.4, -0.2) is 29.9 Å². The van der Waals surface area contributed by atoms with Crippen molar-refractivity contribution in [2.24, 2.45) is 0 Å². The molecule has 96 valence electrons. The van der Waals surface area contributed by atoms with Crippen LogP contribution in [0, 0.1) is 0 Å². The van der Waals surface area contributed by atoms with Crippen LogP contribution in [0.1, 0.15) is 36.5 Å². The van der Waals surface area contributed by atoms with Crippen molar-refractivity contribution in [2.45, 2.75) is 32.3 Å². The van der Waals surface area contributed by atoms with Crippen LogP contribution in [-0.2, 0) is 4.79 Å². The molecule has 1 aromatic carbocycles. The lowest BCUT2D eigenvalue weighted by molar-refractivity contribution is -0.134. The Bertz CT molecular complexity index is 470. The fraction of sp³-hybridized carbons (Fsp3) is 0.429. The summed E-state index contributed by atoms with van der Waals surface area (Å²) in [6.07, 6.45) is 1.98. The Balaban J connectivity index is 2.34. The molecule has 0 aromatic heterocycles. The fourth-order valence-corrected chi connectivity index (χ4v) is 2.02. The van der Waals surface area contributed by atoms with Crippen molar-refractivity contribution in [1.29, 1.82) is 0 Å². The van der Waals surface area contributed by atoms with Crippen molar-refractivity contribution in [1.82, 2.24) is 4.90 Å². The van der Waals surface area contributed by atoms with E-state index in [2.05, 4.69) is 6.92 Å². The first-order chi connectivity index (χ1) is 8.65. The summed E-state index contributed by atoms with van der Waals surface area (Å²) >= 11 is 0. The third kappa shape index (κ3) is 2.23. The van der Waals surface area contributed by atoms with Gasteiger partial charge < -0.3 is 4.74 Å². The average Bonchev–Trinajstić information content (AvgIpc) is 2.48. The highest BCUT2D eigenvalue weighted by atomic mass is 16.5. The van der Waals surface area contributed by atoms with Crippen LogP contribution in [0.2, 0.25) is 0 Å². The summed E-state index contributed by atoms with van der Waals surface area (Å²) in [5, 5.41) is 0. The molecule has 0 bridgehead atoms. The van der Waals surface area contributed by atoms with Gasteiger partial charge in [-0.3, -0.25) is 14.5 Å². The van der Waals surface area contributed by atoms with Gasteiger partial charge in [0.15, 0.2) is 6.10 Å². The minimum atomic E-state index is -0.553. The van der Waals surface area contributed by atoms with Crippen LogP contribution < -0.4 is 4.74 Å². The maximum absolute atomic E-state index is 12.1. The van der Waals surface area contributed by atoms with Gasteiger partial charge in [-0.2, -0.15) is 0 Å². The summed E-state index contributed by atoms with van der Waals surface area (Å²) in [6.45, 7) is 2.06. The Morgan fingerprint density at radius 2 is 2.00 bits per heavy atom. The lowest BCUT2D eigenvalue weighted by Gasteiger charge is -2.18. The lowest BCUT2D eigenvalue weighted by Crippen LogP contribution is -2.40. The maximum atomic E-state index is 12.1. The number of hydrogen-bond acceptors (Lipinski definition) is 3. The van der Waals surface area contributed by atoms with Gasteiger partial charge in [0, 0.05) is 7.05 Å². The van der Waals surface area contributed by atoms with Crippen molar-refractivity contribution in [3.8, 4) is 5.75 Å². The summed E-state index contributed by atoms with van der Waals surface area (Å²) in [4.78, 5) is 25.4. The van der Waals surface area contributed by atoms with E-state index in [1.54, 1.807) is 24.3 Å². The van der Waals surface area contributed by atoms with Crippen molar-refractivity contribution in [3.05, 3.63) is 29.8 Å². The van der Waals surface area contributed by atoms with Crippen LogP contribution in [0.5, 0.6) is 5.75 Å². The number of imide groups is 1. The molecule has 0 spiro atoms. The third-order valence-corrected chi connectivity index (χ3v) is 3.12. The number of rotatable bonds is 3. The summed E-state index contributed by atoms with van der Waals surface area (Å²) in [5.41, 5.74) is 0.451. The molecule has 4 heteroatoms. The van der Waals surface area contributed by atoms with Crippen molar-refractivity contribution >= 4 is 11.8 Å². The molecule has 4 nitrogen and oxygen atoms in total. The molecule has 1 aliphatic heterocycles. The minimum absolute atomic E-state index is 0.260. The number of ether oxygens (including phenoxy) is 1. The maximum Gasteiger partial charge on any atom is 0.270 e. The Morgan fingerprint density at radius 1 is 1.28 bits per heavy atom. The molecule has 2 amide bonds. The Hall–Kier alpha value is -1.84. The SMILES string of the molecule is CCCCC1Oc2ccccc2C(=O)N(C)C1=O. The number of nitrogens with zero attached hydrogens (tertiary/aromatic N) is 1. The van der Waals surface area contributed by atoms with E-state index in [1.807, 2.05) is 0 Å². The predicted octanol–water partition coefficient (Wildman–Crippen LogP) is 2.24. The fourth-order valence-electron chi connectivity index (χ4n) is 2.02. The van der Waals surface area contributed by atoms with Crippen LogP contribution in [0.25, 0.3) is 0 Å². The van der Waals surface area contributed by atoms with E-state index in [0.29, 0.717) is 17.7 Å². The van der Waals surface area contributed by atoms with Gasteiger partial charge in [-0.15, -0.1) is 0 Å². The largest absolute Gasteiger partial charge is 0.480 e. The minimum Gasteiger partial charge on any atom is -0.480 e. The smallest absolute Gasteiger partial charge is 0.270 e. The second-order valence-corrected chi connectivity index (χ2v) is 4.45. The molecule has 0 fully saturated rings. The summed E-state index contributed by atoms with van der Waals surface area (Å²) in [6, 6.07) is 6.99. The van der Waals surface area contributed by atoms with E-state index in [-0.39, 0.29) is 11.8 Å². The summed E-state index contributed by atoms with van der Waals surface area (Å²) < 4.78 is 5.70. The normalized spacial score (nSPS) is 19.2. The number of amides is 2. The summed E-state index contributed by atoms with van der Waals surface area (Å²) in [7, 11) is 1.51. The number of carbonyl (C=O) groups is 2. The monoisotopic (exact) mass is 247 g/mol. The number of fused-ring (bicyclic) bond motifs is 1. The topological polar surface area (TPSA) is 46.6 Å². The molecule has 0 saturated carbocycles. The zero-order valence-electron chi connectivity index (χ0n) is 10.7. The Labute approximate surface area is 107 Å². The van der Waals surface area contributed by atoms with Crippen molar-refractivity contribution in [2.75, 3.05) is 7.05 Å². The molecule has 18 heavy (non-hydrogen) atoms. The number of hydrogen-bond donors (Lipinski definition) is 0. The van der Waals surface area contributed by atoms with E-state index < -0.39 is 6.10 Å². The van der Waals surface area contributed by atoms with Gasteiger partial charge in [-0.25, -0.2) is 0 Å². The predicted molar refractivity (Wildman–Crippen MR) is 67.5 cm³/mol. The Morgan fingerprint density at radius 3 is 2.72 bits per heavy atom. The van der Waals surface area contributed by atoms with Gasteiger partial charge in [-0.1, -0.05) is 25.5 Å². The van der Waals surface area contributed by atoms with Crippen LogP contribution in [0.15, 0.2) is 24.3 Å². The first kappa shape index (κ1) is 12.6. The second kappa shape index (κ2) is 5.21. The molecule has 1 aromatic rings. The zero-order chi connectivity index (χ0) is 13.1.